The summed E-state index contributed by atoms with van der Waals surface area (Å²) in [4.78, 5) is 23.6. The van der Waals surface area contributed by atoms with E-state index in [1.54, 1.807) is 38.1 Å². The van der Waals surface area contributed by atoms with Gasteiger partial charge in [0.15, 0.2) is 0 Å². The van der Waals surface area contributed by atoms with Crippen molar-refractivity contribution in [1.29, 1.82) is 0 Å². The SMILES string of the molecule is CCCC(C(=O)Nc1ccc(C(C)(C)C(=O)O)cc1)C(C)C. The zero-order valence-electron chi connectivity index (χ0n) is 14.1. The maximum absolute atomic E-state index is 12.3. The largest absolute Gasteiger partial charge is 0.481 e. The third kappa shape index (κ3) is 4.33. The summed E-state index contributed by atoms with van der Waals surface area (Å²) in [7, 11) is 0. The lowest BCUT2D eigenvalue weighted by atomic mass is 9.85. The van der Waals surface area contributed by atoms with Gasteiger partial charge >= 0.3 is 5.97 Å². The summed E-state index contributed by atoms with van der Waals surface area (Å²) in [5.41, 5.74) is 0.481. The molecule has 122 valence electrons. The van der Waals surface area contributed by atoms with Gasteiger partial charge in [-0.3, -0.25) is 9.59 Å². The average molecular weight is 305 g/mol. The van der Waals surface area contributed by atoms with Crippen LogP contribution in [0.25, 0.3) is 0 Å². The topological polar surface area (TPSA) is 66.4 Å². The molecule has 1 aromatic carbocycles. The fourth-order valence-corrected chi connectivity index (χ4v) is 2.41. The molecule has 22 heavy (non-hydrogen) atoms. The van der Waals surface area contributed by atoms with Crippen LogP contribution in [0.3, 0.4) is 0 Å². The molecule has 0 aliphatic carbocycles. The fourth-order valence-electron chi connectivity index (χ4n) is 2.41. The molecule has 0 aromatic heterocycles. The van der Waals surface area contributed by atoms with Gasteiger partial charge in [-0.1, -0.05) is 39.3 Å². The van der Waals surface area contributed by atoms with Crippen LogP contribution in [0.5, 0.6) is 0 Å². The average Bonchev–Trinajstić information content (AvgIpc) is 2.44. The number of anilines is 1. The number of carbonyl (C=O) groups is 2. The monoisotopic (exact) mass is 305 g/mol. The third-order valence-corrected chi connectivity index (χ3v) is 4.15. The third-order valence-electron chi connectivity index (χ3n) is 4.15. The fraction of sp³-hybridized carbons (Fsp3) is 0.556. The zero-order chi connectivity index (χ0) is 16.9. The molecule has 0 radical (unpaired) electrons. The molecule has 2 N–H and O–H groups in total. The van der Waals surface area contributed by atoms with Crippen LogP contribution in [0.4, 0.5) is 5.69 Å². The number of carboxylic acids is 1. The lowest BCUT2D eigenvalue weighted by Crippen LogP contribution is -2.29. The molecule has 1 aromatic rings. The van der Waals surface area contributed by atoms with E-state index in [-0.39, 0.29) is 11.8 Å². The number of benzene rings is 1. The first-order valence-electron chi connectivity index (χ1n) is 7.85. The van der Waals surface area contributed by atoms with Crippen molar-refractivity contribution in [1.82, 2.24) is 0 Å². The molecule has 1 rings (SSSR count). The van der Waals surface area contributed by atoms with Crippen LogP contribution in [-0.2, 0) is 15.0 Å². The van der Waals surface area contributed by atoms with Crippen molar-refractivity contribution >= 4 is 17.6 Å². The maximum atomic E-state index is 12.3. The molecule has 0 saturated heterocycles. The second-order valence-corrected chi connectivity index (χ2v) is 6.64. The van der Waals surface area contributed by atoms with E-state index in [4.69, 9.17) is 0 Å². The van der Waals surface area contributed by atoms with E-state index in [2.05, 4.69) is 26.1 Å². The molecule has 0 aliphatic heterocycles. The molecule has 0 spiro atoms. The van der Waals surface area contributed by atoms with Crippen molar-refractivity contribution in [2.45, 2.75) is 52.9 Å². The van der Waals surface area contributed by atoms with E-state index in [1.165, 1.54) is 0 Å². The van der Waals surface area contributed by atoms with E-state index in [0.717, 1.165) is 12.8 Å². The molecule has 0 fully saturated rings. The predicted octanol–water partition coefficient (Wildman–Crippen LogP) is 4.06. The van der Waals surface area contributed by atoms with E-state index in [0.29, 0.717) is 17.2 Å². The van der Waals surface area contributed by atoms with Crippen LogP contribution in [0.15, 0.2) is 24.3 Å². The molecule has 4 nitrogen and oxygen atoms in total. The summed E-state index contributed by atoms with van der Waals surface area (Å²) in [5, 5.41) is 12.2. The van der Waals surface area contributed by atoms with Crippen molar-refractivity contribution in [3.05, 3.63) is 29.8 Å². The summed E-state index contributed by atoms with van der Waals surface area (Å²) in [5.74, 6) is -0.542. The van der Waals surface area contributed by atoms with Crippen LogP contribution >= 0.6 is 0 Å². The predicted molar refractivity (Wildman–Crippen MR) is 89.0 cm³/mol. The Morgan fingerprint density at radius 3 is 2.14 bits per heavy atom. The highest BCUT2D eigenvalue weighted by atomic mass is 16.4. The van der Waals surface area contributed by atoms with Gasteiger partial charge in [-0.15, -0.1) is 0 Å². The van der Waals surface area contributed by atoms with Crippen molar-refractivity contribution in [2.24, 2.45) is 11.8 Å². The molecular formula is C18H27NO3. The van der Waals surface area contributed by atoms with Crippen molar-refractivity contribution in [3.63, 3.8) is 0 Å². The first-order chi connectivity index (χ1) is 10.2. The minimum atomic E-state index is -0.939. The Morgan fingerprint density at radius 2 is 1.73 bits per heavy atom. The molecule has 1 unspecified atom stereocenters. The quantitative estimate of drug-likeness (QED) is 0.798. The normalized spacial score (nSPS) is 13.0. The number of hydrogen-bond donors (Lipinski definition) is 2. The molecule has 0 aliphatic rings. The smallest absolute Gasteiger partial charge is 0.313 e. The number of aliphatic carboxylic acids is 1. The van der Waals surface area contributed by atoms with Crippen LogP contribution < -0.4 is 5.32 Å². The number of rotatable bonds is 7. The van der Waals surface area contributed by atoms with E-state index in [9.17, 15) is 14.7 Å². The summed E-state index contributed by atoms with van der Waals surface area (Å²) in [6, 6.07) is 7.05. The van der Waals surface area contributed by atoms with Gasteiger partial charge in [-0.25, -0.2) is 0 Å². The molecule has 0 saturated carbocycles. The lowest BCUT2D eigenvalue weighted by molar-refractivity contribution is -0.142. The van der Waals surface area contributed by atoms with E-state index < -0.39 is 11.4 Å². The maximum Gasteiger partial charge on any atom is 0.313 e. The summed E-state index contributed by atoms with van der Waals surface area (Å²) in [6.07, 6.45) is 1.84. The summed E-state index contributed by atoms with van der Waals surface area (Å²) < 4.78 is 0. The highest BCUT2D eigenvalue weighted by molar-refractivity contribution is 5.92. The van der Waals surface area contributed by atoms with Crippen LogP contribution in [0, 0.1) is 11.8 Å². The Hall–Kier alpha value is -1.84. The zero-order valence-corrected chi connectivity index (χ0v) is 14.1. The lowest BCUT2D eigenvalue weighted by Gasteiger charge is -2.21. The van der Waals surface area contributed by atoms with Gasteiger partial charge in [-0.05, 0) is 43.9 Å². The molecule has 1 amide bonds. The van der Waals surface area contributed by atoms with E-state index in [1.807, 2.05) is 0 Å². The van der Waals surface area contributed by atoms with Gasteiger partial charge in [0.05, 0.1) is 5.41 Å². The number of amides is 1. The molecule has 0 heterocycles. The van der Waals surface area contributed by atoms with Gasteiger partial charge < -0.3 is 10.4 Å². The minimum Gasteiger partial charge on any atom is -0.481 e. The van der Waals surface area contributed by atoms with Crippen molar-refractivity contribution in [3.8, 4) is 0 Å². The van der Waals surface area contributed by atoms with Crippen LogP contribution in [0.1, 0.15) is 53.0 Å². The van der Waals surface area contributed by atoms with Crippen LogP contribution in [-0.4, -0.2) is 17.0 Å². The Kier molecular flexibility index (Phi) is 6.15. The number of hydrogen-bond acceptors (Lipinski definition) is 2. The Morgan fingerprint density at radius 1 is 1.18 bits per heavy atom. The Bertz CT molecular complexity index is 518. The van der Waals surface area contributed by atoms with Gasteiger partial charge in [-0.2, -0.15) is 0 Å². The second kappa shape index (κ2) is 7.43. The number of carbonyl (C=O) groups excluding carboxylic acids is 1. The molecule has 4 heteroatoms. The molecule has 0 bridgehead atoms. The van der Waals surface area contributed by atoms with Gasteiger partial charge in [0.25, 0.3) is 0 Å². The van der Waals surface area contributed by atoms with Crippen LogP contribution in [0.2, 0.25) is 0 Å². The van der Waals surface area contributed by atoms with E-state index >= 15 is 0 Å². The highest BCUT2D eigenvalue weighted by Gasteiger charge is 2.29. The Balaban J connectivity index is 2.84. The molecule has 1 atom stereocenters. The van der Waals surface area contributed by atoms with Gasteiger partial charge in [0.1, 0.15) is 0 Å². The summed E-state index contributed by atoms with van der Waals surface area (Å²) in [6.45, 7) is 9.51. The minimum absolute atomic E-state index is 0.000127. The van der Waals surface area contributed by atoms with Crippen molar-refractivity contribution in [2.75, 3.05) is 5.32 Å². The van der Waals surface area contributed by atoms with Gasteiger partial charge in [0, 0.05) is 11.6 Å². The molecular weight excluding hydrogens is 278 g/mol. The second-order valence-electron chi connectivity index (χ2n) is 6.64. The first-order valence-corrected chi connectivity index (χ1v) is 7.85. The van der Waals surface area contributed by atoms with Gasteiger partial charge in [0.2, 0.25) is 5.91 Å². The number of carboxylic acid groups (broad SMARTS) is 1. The summed E-state index contributed by atoms with van der Waals surface area (Å²) >= 11 is 0. The number of nitrogens with one attached hydrogen (secondary N) is 1. The first kappa shape index (κ1) is 18.2. The van der Waals surface area contributed by atoms with Crippen molar-refractivity contribution < 1.29 is 14.7 Å². The highest BCUT2D eigenvalue weighted by Crippen LogP contribution is 2.25. The Labute approximate surface area is 132 Å². The standard InChI is InChI=1S/C18H27NO3/c1-6-7-15(12(2)3)16(20)19-14-10-8-13(9-11-14)18(4,5)17(21)22/h8-12,15H,6-7H2,1-5H3,(H,19,20)(H,21,22).